The molecule has 3 rings (SSSR count). The number of aromatic nitrogens is 1. The molecule has 0 amide bonds. The zero-order valence-corrected chi connectivity index (χ0v) is 9.17. The van der Waals surface area contributed by atoms with E-state index in [-0.39, 0.29) is 0 Å². The molecule has 4 heteroatoms. The molecule has 3 nitrogen and oxygen atoms in total. The van der Waals surface area contributed by atoms with Gasteiger partial charge in [-0.25, -0.2) is 4.98 Å². The molecule has 0 aromatic carbocycles. The normalized spacial score (nSPS) is 15.9. The first kappa shape index (κ1) is 9.12. The predicted molar refractivity (Wildman–Crippen MR) is 57.9 cm³/mol. The van der Waals surface area contributed by atoms with Gasteiger partial charge in [0.25, 0.3) is 0 Å². The van der Waals surface area contributed by atoms with Crippen LogP contribution in [0.15, 0.2) is 16.7 Å². The molecule has 2 aromatic rings. The second-order valence-electron chi connectivity index (χ2n) is 3.76. The number of hydrogen-bond donors (Lipinski definition) is 1. The van der Waals surface area contributed by atoms with Crippen LogP contribution in [0.4, 0.5) is 0 Å². The summed E-state index contributed by atoms with van der Waals surface area (Å²) in [6, 6.07) is 1.96. The van der Waals surface area contributed by atoms with E-state index in [0.717, 1.165) is 34.9 Å². The lowest BCUT2D eigenvalue weighted by atomic mass is 10.0. The average Bonchev–Trinajstić information content (AvgIpc) is 2.82. The molecule has 0 radical (unpaired) electrons. The van der Waals surface area contributed by atoms with Crippen LogP contribution in [0.25, 0.3) is 11.3 Å². The van der Waals surface area contributed by atoms with Crippen LogP contribution in [0.3, 0.4) is 0 Å². The molecule has 0 saturated carbocycles. The molecule has 78 valence electrons. The van der Waals surface area contributed by atoms with E-state index in [1.807, 2.05) is 6.07 Å². The van der Waals surface area contributed by atoms with Gasteiger partial charge in [0.2, 0.25) is 0 Å². The SMILES string of the molecule is CC(O)c1nc2c(s1)CCc1occc1-2. The molecule has 1 N–H and O–H groups in total. The Balaban J connectivity index is 2.16. The van der Waals surface area contributed by atoms with Crippen molar-refractivity contribution in [3.8, 4) is 11.3 Å². The highest BCUT2D eigenvalue weighted by Crippen LogP contribution is 2.38. The Labute approximate surface area is 91.4 Å². The Morgan fingerprint density at radius 3 is 3.20 bits per heavy atom. The number of furan rings is 1. The van der Waals surface area contributed by atoms with Crippen molar-refractivity contribution in [3.05, 3.63) is 28.0 Å². The van der Waals surface area contributed by atoms with Crippen LogP contribution in [0.1, 0.15) is 28.7 Å². The maximum atomic E-state index is 9.50. The maximum Gasteiger partial charge on any atom is 0.122 e. The summed E-state index contributed by atoms with van der Waals surface area (Å²) in [4.78, 5) is 5.74. The first-order valence-electron chi connectivity index (χ1n) is 5.00. The highest BCUT2D eigenvalue weighted by molar-refractivity contribution is 7.12. The number of fused-ring (bicyclic) bond motifs is 3. The van der Waals surface area contributed by atoms with E-state index in [0.29, 0.717) is 0 Å². The fraction of sp³-hybridized carbons (Fsp3) is 0.364. The lowest BCUT2D eigenvalue weighted by Gasteiger charge is -2.07. The summed E-state index contributed by atoms with van der Waals surface area (Å²) in [6.07, 6.45) is 3.15. The first-order chi connectivity index (χ1) is 7.25. The van der Waals surface area contributed by atoms with Gasteiger partial charge in [-0.15, -0.1) is 11.3 Å². The standard InChI is InChI=1S/C11H11NO2S/c1-6(13)11-12-10-7-4-5-14-8(7)2-3-9(10)15-11/h4-6,13H,2-3H2,1H3. The third-order valence-corrected chi connectivity index (χ3v) is 3.94. The van der Waals surface area contributed by atoms with Crippen molar-refractivity contribution in [1.29, 1.82) is 0 Å². The summed E-state index contributed by atoms with van der Waals surface area (Å²) < 4.78 is 5.38. The molecule has 1 atom stereocenters. The molecule has 1 aliphatic carbocycles. The summed E-state index contributed by atoms with van der Waals surface area (Å²) in [5, 5.41) is 10.3. The molecule has 0 bridgehead atoms. The Bertz CT molecular complexity index is 498. The van der Waals surface area contributed by atoms with Gasteiger partial charge in [-0.3, -0.25) is 0 Å². The molecular formula is C11H11NO2S. The van der Waals surface area contributed by atoms with Crippen molar-refractivity contribution in [1.82, 2.24) is 4.98 Å². The summed E-state index contributed by atoms with van der Waals surface area (Å²) in [6.45, 7) is 1.75. The largest absolute Gasteiger partial charge is 0.469 e. The molecule has 15 heavy (non-hydrogen) atoms. The van der Waals surface area contributed by atoms with Gasteiger partial charge in [-0.05, 0) is 19.4 Å². The van der Waals surface area contributed by atoms with E-state index in [1.54, 1.807) is 24.5 Å². The quantitative estimate of drug-likeness (QED) is 0.805. The average molecular weight is 221 g/mol. The predicted octanol–water partition coefficient (Wildman–Crippen LogP) is 2.56. The van der Waals surface area contributed by atoms with E-state index < -0.39 is 6.10 Å². The summed E-state index contributed by atoms with van der Waals surface area (Å²) >= 11 is 1.61. The molecule has 1 aliphatic rings. The minimum Gasteiger partial charge on any atom is -0.469 e. The van der Waals surface area contributed by atoms with E-state index in [9.17, 15) is 5.11 Å². The highest BCUT2D eigenvalue weighted by atomic mass is 32.1. The monoisotopic (exact) mass is 221 g/mol. The Morgan fingerprint density at radius 2 is 2.40 bits per heavy atom. The second kappa shape index (κ2) is 3.18. The van der Waals surface area contributed by atoms with E-state index in [4.69, 9.17) is 4.42 Å². The molecule has 1 unspecified atom stereocenters. The van der Waals surface area contributed by atoms with E-state index in [1.165, 1.54) is 4.88 Å². The fourth-order valence-corrected chi connectivity index (χ4v) is 2.92. The van der Waals surface area contributed by atoms with Crippen molar-refractivity contribution in [2.45, 2.75) is 25.9 Å². The fourth-order valence-electron chi connectivity index (χ4n) is 1.90. The van der Waals surface area contributed by atoms with Gasteiger partial charge in [0.05, 0.1) is 12.0 Å². The minimum atomic E-state index is -0.476. The summed E-state index contributed by atoms with van der Waals surface area (Å²) in [7, 11) is 0. The summed E-state index contributed by atoms with van der Waals surface area (Å²) in [5.74, 6) is 1.02. The number of aliphatic hydroxyl groups is 1. The molecule has 2 aromatic heterocycles. The Hall–Kier alpha value is -1.13. The van der Waals surface area contributed by atoms with E-state index in [2.05, 4.69) is 4.98 Å². The van der Waals surface area contributed by atoms with Crippen LogP contribution in [0.2, 0.25) is 0 Å². The number of aryl methyl sites for hydroxylation is 2. The number of rotatable bonds is 1. The second-order valence-corrected chi connectivity index (χ2v) is 4.87. The van der Waals surface area contributed by atoms with Crippen LogP contribution >= 0.6 is 11.3 Å². The van der Waals surface area contributed by atoms with Crippen LogP contribution in [-0.4, -0.2) is 10.1 Å². The number of hydrogen-bond acceptors (Lipinski definition) is 4. The lowest BCUT2D eigenvalue weighted by molar-refractivity contribution is 0.199. The van der Waals surface area contributed by atoms with Gasteiger partial charge < -0.3 is 9.52 Å². The number of aliphatic hydroxyl groups excluding tert-OH is 1. The van der Waals surface area contributed by atoms with E-state index >= 15 is 0 Å². The Morgan fingerprint density at radius 1 is 1.53 bits per heavy atom. The van der Waals surface area contributed by atoms with Gasteiger partial charge in [0.15, 0.2) is 0 Å². The number of nitrogens with zero attached hydrogens (tertiary/aromatic N) is 1. The van der Waals surface area contributed by atoms with Gasteiger partial charge in [0.1, 0.15) is 16.9 Å². The minimum absolute atomic E-state index is 0.476. The van der Waals surface area contributed by atoms with Crippen LogP contribution in [-0.2, 0) is 12.8 Å². The van der Waals surface area contributed by atoms with Crippen LogP contribution in [0, 0.1) is 0 Å². The van der Waals surface area contributed by atoms with Crippen molar-refractivity contribution in [2.24, 2.45) is 0 Å². The van der Waals surface area contributed by atoms with Crippen LogP contribution < -0.4 is 0 Å². The molecule has 0 spiro atoms. The van der Waals surface area contributed by atoms with Crippen LogP contribution in [0.5, 0.6) is 0 Å². The smallest absolute Gasteiger partial charge is 0.122 e. The van der Waals surface area contributed by atoms with Crippen molar-refractivity contribution < 1.29 is 9.52 Å². The van der Waals surface area contributed by atoms with Gasteiger partial charge in [-0.1, -0.05) is 0 Å². The third kappa shape index (κ3) is 1.33. The third-order valence-electron chi connectivity index (χ3n) is 2.65. The molecule has 0 aliphatic heterocycles. The topological polar surface area (TPSA) is 46.3 Å². The van der Waals surface area contributed by atoms with Gasteiger partial charge in [-0.2, -0.15) is 0 Å². The highest BCUT2D eigenvalue weighted by Gasteiger charge is 2.23. The first-order valence-corrected chi connectivity index (χ1v) is 5.82. The maximum absolute atomic E-state index is 9.50. The number of thiazole rings is 1. The van der Waals surface area contributed by atoms with Gasteiger partial charge in [0, 0.05) is 16.9 Å². The lowest BCUT2D eigenvalue weighted by Crippen LogP contribution is -1.98. The molecule has 2 heterocycles. The zero-order valence-electron chi connectivity index (χ0n) is 8.36. The summed E-state index contributed by atoms with van der Waals surface area (Å²) in [5.41, 5.74) is 2.10. The van der Waals surface area contributed by atoms with Crippen molar-refractivity contribution in [3.63, 3.8) is 0 Å². The zero-order chi connectivity index (χ0) is 10.4. The van der Waals surface area contributed by atoms with Crippen molar-refractivity contribution >= 4 is 11.3 Å². The van der Waals surface area contributed by atoms with Gasteiger partial charge >= 0.3 is 0 Å². The molecular weight excluding hydrogens is 210 g/mol. The molecule has 0 fully saturated rings. The molecule has 0 saturated heterocycles. The van der Waals surface area contributed by atoms with Crippen molar-refractivity contribution in [2.75, 3.05) is 0 Å². The Kier molecular flexibility index (Phi) is 1.94.